The molecule has 1 aromatic heterocycles. The molecule has 3 rings (SSSR count). The van der Waals surface area contributed by atoms with Gasteiger partial charge in [-0.3, -0.25) is 9.59 Å². The third kappa shape index (κ3) is 2.24. The quantitative estimate of drug-likeness (QED) is 0.754. The summed E-state index contributed by atoms with van der Waals surface area (Å²) in [6.07, 6.45) is 1.54. The number of rotatable bonds is 1. The van der Waals surface area contributed by atoms with Gasteiger partial charge in [-0.25, -0.2) is 0 Å². The van der Waals surface area contributed by atoms with Gasteiger partial charge in [-0.1, -0.05) is 0 Å². The van der Waals surface area contributed by atoms with E-state index in [2.05, 4.69) is 0 Å². The lowest BCUT2D eigenvalue weighted by molar-refractivity contribution is 0.0811. The second-order valence-corrected chi connectivity index (χ2v) is 6.25. The largest absolute Gasteiger partial charge is 0.487 e. The maximum Gasteiger partial charge on any atom is 0.192 e. The zero-order chi connectivity index (χ0) is 15.4. The Bertz CT molecular complexity index is 812. The van der Waals surface area contributed by atoms with E-state index in [-0.39, 0.29) is 16.8 Å². The zero-order valence-corrected chi connectivity index (χ0v) is 12.7. The Morgan fingerprint density at radius 3 is 2.67 bits per heavy atom. The molecule has 0 N–H and O–H groups in total. The van der Waals surface area contributed by atoms with E-state index in [1.807, 2.05) is 13.8 Å². The Kier molecular flexibility index (Phi) is 2.94. The van der Waals surface area contributed by atoms with Gasteiger partial charge in [0.2, 0.25) is 0 Å². The molecule has 0 spiro atoms. The minimum Gasteiger partial charge on any atom is -0.487 e. The molecule has 0 bridgehead atoms. The molecule has 0 fully saturated rings. The van der Waals surface area contributed by atoms with Crippen molar-refractivity contribution in [2.75, 3.05) is 0 Å². The normalized spacial score (nSPS) is 16.4. The maximum absolute atomic E-state index is 12.2. The van der Waals surface area contributed by atoms with Crippen LogP contribution in [0.1, 0.15) is 48.9 Å². The van der Waals surface area contributed by atoms with E-state index in [1.165, 1.54) is 13.0 Å². The van der Waals surface area contributed by atoms with Crippen LogP contribution < -0.4 is 10.2 Å². The number of fused-ring (bicyclic) bond motifs is 3. The van der Waals surface area contributed by atoms with Gasteiger partial charge in [0.15, 0.2) is 11.2 Å². The fourth-order valence-electron chi connectivity index (χ4n) is 2.81. The molecule has 0 atom stereocenters. The van der Waals surface area contributed by atoms with E-state index in [0.29, 0.717) is 28.0 Å². The van der Waals surface area contributed by atoms with Crippen molar-refractivity contribution in [2.24, 2.45) is 0 Å². The van der Waals surface area contributed by atoms with Crippen molar-refractivity contribution < 1.29 is 13.9 Å². The predicted octanol–water partition coefficient (Wildman–Crippen LogP) is 3.41. The summed E-state index contributed by atoms with van der Waals surface area (Å²) < 4.78 is 11.8. The number of ketones is 1. The molecule has 4 nitrogen and oxygen atoms in total. The van der Waals surface area contributed by atoms with E-state index in [4.69, 9.17) is 9.15 Å². The number of hydrogen-bond donors (Lipinski definition) is 0. The first-order valence-corrected chi connectivity index (χ1v) is 7.09. The Balaban J connectivity index is 2.42. The smallest absolute Gasteiger partial charge is 0.192 e. The molecule has 0 unspecified atom stereocenters. The van der Waals surface area contributed by atoms with E-state index < -0.39 is 0 Å². The first kappa shape index (κ1) is 13.9. The van der Waals surface area contributed by atoms with Crippen molar-refractivity contribution in [3.63, 3.8) is 0 Å². The Morgan fingerprint density at radius 2 is 2.00 bits per heavy atom. The average Bonchev–Trinajstić information content (AvgIpc) is 2.35. The van der Waals surface area contributed by atoms with Crippen molar-refractivity contribution in [3.8, 4) is 5.75 Å². The highest BCUT2D eigenvalue weighted by molar-refractivity contribution is 6.02. The first-order valence-electron chi connectivity index (χ1n) is 7.09. The van der Waals surface area contributed by atoms with Crippen molar-refractivity contribution >= 4 is 16.8 Å². The average molecular weight is 286 g/mol. The number of hydrogen-bond acceptors (Lipinski definition) is 4. The van der Waals surface area contributed by atoms with Gasteiger partial charge in [0.25, 0.3) is 0 Å². The molecule has 4 heteroatoms. The Hall–Kier alpha value is -2.10. The summed E-state index contributed by atoms with van der Waals surface area (Å²) in [5, 5.41) is 0.452. The lowest BCUT2D eigenvalue weighted by Gasteiger charge is -2.33. The summed E-state index contributed by atoms with van der Waals surface area (Å²) in [7, 11) is 0. The summed E-state index contributed by atoms with van der Waals surface area (Å²) in [5.74, 6) is 1.03. The van der Waals surface area contributed by atoms with Crippen LogP contribution in [0.3, 0.4) is 0 Å². The molecular formula is C17H18O4. The van der Waals surface area contributed by atoms with E-state index in [9.17, 15) is 9.59 Å². The molecule has 2 aromatic rings. The fourth-order valence-corrected chi connectivity index (χ4v) is 2.81. The Labute approximate surface area is 122 Å². The molecule has 21 heavy (non-hydrogen) atoms. The lowest BCUT2D eigenvalue weighted by Crippen LogP contribution is -2.33. The molecule has 1 aliphatic heterocycles. The summed E-state index contributed by atoms with van der Waals surface area (Å²) in [5.41, 5.74) is 1.40. The molecule has 2 heterocycles. The van der Waals surface area contributed by atoms with Crippen LogP contribution in [-0.2, 0) is 6.42 Å². The van der Waals surface area contributed by atoms with Crippen molar-refractivity contribution in [2.45, 2.75) is 46.1 Å². The van der Waals surface area contributed by atoms with Gasteiger partial charge in [-0.15, -0.1) is 0 Å². The molecule has 0 radical (unpaired) electrons. The van der Waals surface area contributed by atoms with Crippen molar-refractivity contribution in [1.29, 1.82) is 0 Å². The van der Waals surface area contributed by atoms with Gasteiger partial charge >= 0.3 is 0 Å². The molecule has 0 aliphatic carbocycles. The highest BCUT2D eigenvalue weighted by Crippen LogP contribution is 2.40. The number of ether oxygens (including phenoxy) is 1. The van der Waals surface area contributed by atoms with Crippen LogP contribution in [0, 0.1) is 6.92 Å². The van der Waals surface area contributed by atoms with Crippen molar-refractivity contribution in [3.05, 3.63) is 39.2 Å². The molecule has 110 valence electrons. The Morgan fingerprint density at radius 1 is 1.29 bits per heavy atom. The monoisotopic (exact) mass is 286 g/mol. The second kappa shape index (κ2) is 4.45. The highest BCUT2D eigenvalue weighted by atomic mass is 16.5. The highest BCUT2D eigenvalue weighted by Gasteiger charge is 2.32. The zero-order valence-electron chi connectivity index (χ0n) is 12.7. The van der Waals surface area contributed by atoms with Gasteiger partial charge in [0, 0.05) is 11.6 Å². The van der Waals surface area contributed by atoms with E-state index in [1.54, 1.807) is 13.0 Å². The van der Waals surface area contributed by atoms with Gasteiger partial charge in [-0.2, -0.15) is 0 Å². The molecule has 0 amide bonds. The van der Waals surface area contributed by atoms with E-state index in [0.717, 1.165) is 18.4 Å². The summed E-state index contributed by atoms with van der Waals surface area (Å²) >= 11 is 0. The van der Waals surface area contributed by atoms with Gasteiger partial charge in [-0.05, 0) is 46.6 Å². The SMILES string of the molecule is CC(=O)c1cc2c(=O)cc(C)oc2c2c1OC(C)(C)CC2. The third-order valence-electron chi connectivity index (χ3n) is 3.92. The van der Waals surface area contributed by atoms with Crippen LogP contribution in [0.25, 0.3) is 11.0 Å². The van der Waals surface area contributed by atoms with Gasteiger partial charge < -0.3 is 9.15 Å². The van der Waals surface area contributed by atoms with Crippen LogP contribution in [0.4, 0.5) is 0 Å². The van der Waals surface area contributed by atoms with Gasteiger partial charge in [0.1, 0.15) is 22.7 Å². The molecule has 1 aromatic carbocycles. The third-order valence-corrected chi connectivity index (χ3v) is 3.92. The first-order chi connectivity index (χ1) is 9.78. The minimum atomic E-state index is -0.324. The van der Waals surface area contributed by atoms with Gasteiger partial charge in [0.05, 0.1) is 10.9 Å². The number of Topliss-reactive ketones (excluding diaryl/α,β-unsaturated/α-hetero) is 1. The van der Waals surface area contributed by atoms with Crippen LogP contribution in [0.2, 0.25) is 0 Å². The van der Waals surface area contributed by atoms with Crippen LogP contribution >= 0.6 is 0 Å². The van der Waals surface area contributed by atoms with Crippen LogP contribution in [-0.4, -0.2) is 11.4 Å². The molecule has 0 saturated carbocycles. The maximum atomic E-state index is 12.2. The fraction of sp³-hybridized carbons (Fsp3) is 0.412. The summed E-state index contributed by atoms with van der Waals surface area (Å²) in [6, 6.07) is 3.05. The topological polar surface area (TPSA) is 56.5 Å². The van der Waals surface area contributed by atoms with E-state index >= 15 is 0 Å². The summed E-state index contributed by atoms with van der Waals surface area (Å²) in [6.45, 7) is 7.23. The standard InChI is InChI=1S/C17H18O4/c1-9-7-14(19)13-8-12(10(2)18)16-11(15(13)20-9)5-6-17(3,4)21-16/h7-8H,5-6H2,1-4H3. The van der Waals surface area contributed by atoms with Crippen LogP contribution in [0.15, 0.2) is 21.3 Å². The molecule has 1 aliphatic rings. The number of benzene rings is 1. The van der Waals surface area contributed by atoms with Crippen molar-refractivity contribution in [1.82, 2.24) is 0 Å². The predicted molar refractivity (Wildman–Crippen MR) is 80.3 cm³/mol. The van der Waals surface area contributed by atoms with Crippen LogP contribution in [0.5, 0.6) is 5.75 Å². The summed E-state index contributed by atoms with van der Waals surface area (Å²) in [4.78, 5) is 24.1. The minimum absolute atomic E-state index is 0.106. The number of carbonyl (C=O) groups excluding carboxylic acids is 1. The second-order valence-electron chi connectivity index (χ2n) is 6.25. The lowest BCUT2D eigenvalue weighted by atomic mass is 9.90. The molecule has 0 saturated heterocycles. The molecular weight excluding hydrogens is 268 g/mol. The number of carbonyl (C=O) groups is 1. The number of aryl methyl sites for hydroxylation is 2.